The lowest BCUT2D eigenvalue weighted by molar-refractivity contribution is 0.0810. The second-order valence-electron chi connectivity index (χ2n) is 4.88. The number of hydrogen-bond donors (Lipinski definition) is 1. The van der Waals surface area contributed by atoms with Gasteiger partial charge in [-0.25, -0.2) is 0 Å². The van der Waals surface area contributed by atoms with Crippen LogP contribution >= 0.6 is 11.8 Å². The van der Waals surface area contributed by atoms with Crippen LogP contribution in [0.25, 0.3) is 0 Å². The van der Waals surface area contributed by atoms with E-state index in [0.717, 1.165) is 6.42 Å². The second-order valence-corrected chi connectivity index (χ2v) is 6.02. The van der Waals surface area contributed by atoms with Crippen LogP contribution in [0, 0.1) is 0 Å². The van der Waals surface area contributed by atoms with Crippen LogP contribution in [-0.2, 0) is 12.8 Å². The highest BCUT2D eigenvalue weighted by Gasteiger charge is 2.15. The fraction of sp³-hybridized carbons (Fsp3) is 0.538. The van der Waals surface area contributed by atoms with Crippen molar-refractivity contribution in [3.8, 4) is 0 Å². The first-order valence-corrected chi connectivity index (χ1v) is 6.50. The van der Waals surface area contributed by atoms with Gasteiger partial charge in [0.2, 0.25) is 0 Å². The summed E-state index contributed by atoms with van der Waals surface area (Å²) in [4.78, 5) is 1.43. The zero-order valence-corrected chi connectivity index (χ0v) is 10.2. The van der Waals surface area contributed by atoms with Crippen molar-refractivity contribution in [3.63, 3.8) is 0 Å². The lowest BCUT2D eigenvalue weighted by atomic mass is 9.96. The average Bonchev–Trinajstić information content (AvgIpc) is 2.15. The van der Waals surface area contributed by atoms with Gasteiger partial charge in [-0.3, -0.25) is 0 Å². The molecule has 0 aliphatic carbocycles. The highest BCUT2D eigenvalue weighted by molar-refractivity contribution is 7.99. The van der Waals surface area contributed by atoms with Crippen LogP contribution < -0.4 is 0 Å². The van der Waals surface area contributed by atoms with Gasteiger partial charge in [0, 0.05) is 11.3 Å². The summed E-state index contributed by atoms with van der Waals surface area (Å²) in [6, 6.07) is 6.62. The molecule has 0 spiro atoms. The van der Waals surface area contributed by atoms with Gasteiger partial charge in [-0.05, 0) is 49.6 Å². The standard InChI is InChI=1S/C13H18OS/c1-13(2,14)9-10-5-6-12-11(8-10)4-3-7-15-12/h5-6,8,14H,3-4,7,9H2,1-2H3. The molecule has 0 bridgehead atoms. The van der Waals surface area contributed by atoms with Crippen LogP contribution in [0.5, 0.6) is 0 Å². The van der Waals surface area contributed by atoms with Crippen LogP contribution in [0.4, 0.5) is 0 Å². The van der Waals surface area contributed by atoms with Crippen molar-refractivity contribution in [2.45, 2.75) is 43.6 Å². The second kappa shape index (κ2) is 4.18. The third-order valence-electron chi connectivity index (χ3n) is 2.61. The van der Waals surface area contributed by atoms with E-state index in [-0.39, 0.29) is 0 Å². The molecule has 0 saturated carbocycles. The molecule has 1 aromatic carbocycles. The molecule has 1 aliphatic rings. The number of rotatable bonds is 2. The summed E-state index contributed by atoms with van der Waals surface area (Å²) < 4.78 is 0. The molecule has 0 saturated heterocycles. The van der Waals surface area contributed by atoms with Gasteiger partial charge in [-0.15, -0.1) is 11.8 Å². The molecular formula is C13H18OS. The van der Waals surface area contributed by atoms with Gasteiger partial charge in [-0.2, -0.15) is 0 Å². The van der Waals surface area contributed by atoms with Crippen molar-refractivity contribution in [1.29, 1.82) is 0 Å². The molecule has 1 N–H and O–H groups in total. The third kappa shape index (κ3) is 2.99. The van der Waals surface area contributed by atoms with Crippen molar-refractivity contribution >= 4 is 11.8 Å². The highest BCUT2D eigenvalue weighted by atomic mass is 32.2. The van der Waals surface area contributed by atoms with Crippen LogP contribution in [0.2, 0.25) is 0 Å². The van der Waals surface area contributed by atoms with Gasteiger partial charge in [0.1, 0.15) is 0 Å². The first-order valence-electron chi connectivity index (χ1n) is 5.52. The summed E-state index contributed by atoms with van der Waals surface area (Å²) in [5, 5.41) is 9.77. The normalized spacial score (nSPS) is 16.2. The molecule has 0 unspecified atom stereocenters. The molecule has 0 aromatic heterocycles. The summed E-state index contributed by atoms with van der Waals surface area (Å²) in [5.41, 5.74) is 2.12. The van der Waals surface area contributed by atoms with Crippen LogP contribution in [0.3, 0.4) is 0 Å². The molecule has 1 heterocycles. The van der Waals surface area contributed by atoms with Gasteiger partial charge in [0.25, 0.3) is 0 Å². The van der Waals surface area contributed by atoms with E-state index in [9.17, 15) is 5.11 Å². The van der Waals surface area contributed by atoms with E-state index in [1.54, 1.807) is 0 Å². The molecule has 2 heteroatoms. The molecule has 0 radical (unpaired) electrons. The molecule has 0 fully saturated rings. The van der Waals surface area contributed by atoms with Crippen molar-refractivity contribution < 1.29 is 5.11 Å². The summed E-state index contributed by atoms with van der Waals surface area (Å²) in [6.07, 6.45) is 3.22. The van der Waals surface area contributed by atoms with Crippen LogP contribution in [0.15, 0.2) is 23.1 Å². The molecule has 1 aromatic rings. The molecule has 82 valence electrons. The maximum Gasteiger partial charge on any atom is 0.0631 e. The Balaban J connectivity index is 2.21. The summed E-state index contributed by atoms with van der Waals surface area (Å²) in [5.74, 6) is 1.25. The largest absolute Gasteiger partial charge is 0.390 e. The fourth-order valence-electron chi connectivity index (χ4n) is 2.02. The predicted molar refractivity (Wildman–Crippen MR) is 65.5 cm³/mol. The molecule has 0 atom stereocenters. The molecule has 0 amide bonds. The maximum absolute atomic E-state index is 9.77. The van der Waals surface area contributed by atoms with E-state index in [0.29, 0.717) is 0 Å². The average molecular weight is 222 g/mol. The lowest BCUT2D eigenvalue weighted by Gasteiger charge is -2.20. The molecule has 1 aliphatic heterocycles. The number of benzene rings is 1. The van der Waals surface area contributed by atoms with E-state index in [4.69, 9.17) is 0 Å². The number of aryl methyl sites for hydroxylation is 1. The van der Waals surface area contributed by atoms with E-state index < -0.39 is 5.60 Å². The number of thioether (sulfide) groups is 1. The quantitative estimate of drug-likeness (QED) is 0.830. The van der Waals surface area contributed by atoms with Gasteiger partial charge >= 0.3 is 0 Å². The number of hydrogen-bond acceptors (Lipinski definition) is 2. The van der Waals surface area contributed by atoms with Crippen LogP contribution in [-0.4, -0.2) is 16.5 Å². The summed E-state index contributed by atoms with van der Waals surface area (Å²) >= 11 is 1.95. The minimum Gasteiger partial charge on any atom is -0.390 e. The van der Waals surface area contributed by atoms with Crippen molar-refractivity contribution in [2.75, 3.05) is 5.75 Å². The van der Waals surface area contributed by atoms with Crippen LogP contribution in [0.1, 0.15) is 31.4 Å². The fourth-order valence-corrected chi connectivity index (χ4v) is 3.04. The van der Waals surface area contributed by atoms with Crippen molar-refractivity contribution in [2.24, 2.45) is 0 Å². The van der Waals surface area contributed by atoms with Crippen molar-refractivity contribution in [1.82, 2.24) is 0 Å². The molecule has 15 heavy (non-hydrogen) atoms. The Kier molecular flexibility index (Phi) is 3.08. The van der Waals surface area contributed by atoms with Gasteiger partial charge < -0.3 is 5.11 Å². The van der Waals surface area contributed by atoms with Gasteiger partial charge in [0.05, 0.1) is 5.60 Å². The molecular weight excluding hydrogens is 204 g/mol. The summed E-state index contributed by atoms with van der Waals surface area (Å²) in [7, 11) is 0. The SMILES string of the molecule is CC(C)(O)Cc1ccc2c(c1)CCCS2. The van der Waals surface area contributed by atoms with E-state index in [1.807, 2.05) is 25.6 Å². The third-order valence-corrected chi connectivity index (χ3v) is 3.81. The van der Waals surface area contributed by atoms with Gasteiger partial charge in [-0.1, -0.05) is 12.1 Å². The van der Waals surface area contributed by atoms with Gasteiger partial charge in [0.15, 0.2) is 0 Å². The number of aliphatic hydroxyl groups is 1. The molecule has 2 rings (SSSR count). The summed E-state index contributed by atoms with van der Waals surface area (Å²) in [6.45, 7) is 3.72. The Morgan fingerprint density at radius 3 is 2.93 bits per heavy atom. The minimum absolute atomic E-state index is 0.601. The smallest absolute Gasteiger partial charge is 0.0631 e. The maximum atomic E-state index is 9.77. The Hall–Kier alpha value is -0.470. The Morgan fingerprint density at radius 1 is 1.40 bits per heavy atom. The first kappa shape index (κ1) is 11.0. The Bertz CT molecular complexity index is 352. The minimum atomic E-state index is -0.601. The van der Waals surface area contributed by atoms with E-state index in [1.165, 1.54) is 34.6 Å². The highest BCUT2D eigenvalue weighted by Crippen LogP contribution is 2.31. The van der Waals surface area contributed by atoms with E-state index in [2.05, 4.69) is 18.2 Å². The lowest BCUT2D eigenvalue weighted by Crippen LogP contribution is -2.22. The zero-order chi connectivity index (χ0) is 10.9. The van der Waals surface area contributed by atoms with E-state index >= 15 is 0 Å². The topological polar surface area (TPSA) is 20.2 Å². The monoisotopic (exact) mass is 222 g/mol. The zero-order valence-electron chi connectivity index (χ0n) is 9.42. The number of fused-ring (bicyclic) bond motifs is 1. The first-order chi connectivity index (χ1) is 7.04. The van der Waals surface area contributed by atoms with Crippen molar-refractivity contribution in [3.05, 3.63) is 29.3 Å². The Morgan fingerprint density at radius 2 is 2.20 bits per heavy atom. The Labute approximate surface area is 95.9 Å². The molecule has 1 nitrogen and oxygen atoms in total. The predicted octanol–water partition coefficient (Wildman–Crippen LogP) is 3.04.